The summed E-state index contributed by atoms with van der Waals surface area (Å²) in [5.74, 6) is -0.122. The molecule has 3 nitrogen and oxygen atoms in total. The first-order valence-corrected chi connectivity index (χ1v) is 7.11. The average molecular weight is 261 g/mol. The minimum atomic E-state index is -0.417. The van der Waals surface area contributed by atoms with Crippen molar-refractivity contribution in [2.75, 3.05) is 13.2 Å². The lowest BCUT2D eigenvalue weighted by atomic mass is 9.64. The van der Waals surface area contributed by atoms with Crippen LogP contribution in [0.5, 0.6) is 0 Å². The van der Waals surface area contributed by atoms with Crippen LogP contribution in [0, 0.1) is 5.41 Å². The molecule has 19 heavy (non-hydrogen) atoms. The number of rotatable bonds is 1. The molecule has 1 spiro atoms. The van der Waals surface area contributed by atoms with Gasteiger partial charge < -0.3 is 15.2 Å². The van der Waals surface area contributed by atoms with Crippen LogP contribution in [0.1, 0.15) is 38.2 Å². The van der Waals surface area contributed by atoms with Gasteiger partial charge in [0.05, 0.1) is 13.2 Å². The van der Waals surface area contributed by atoms with Gasteiger partial charge in [-0.2, -0.15) is 0 Å². The second kappa shape index (κ2) is 4.58. The van der Waals surface area contributed by atoms with E-state index in [0.29, 0.717) is 19.1 Å². The third-order valence-corrected chi connectivity index (χ3v) is 4.63. The van der Waals surface area contributed by atoms with Gasteiger partial charge in [0.15, 0.2) is 5.79 Å². The smallest absolute Gasteiger partial charge is 0.169 e. The van der Waals surface area contributed by atoms with E-state index < -0.39 is 5.79 Å². The zero-order valence-electron chi connectivity index (χ0n) is 11.8. The highest BCUT2D eigenvalue weighted by atomic mass is 16.7. The molecule has 0 aromatic heterocycles. The van der Waals surface area contributed by atoms with Crippen LogP contribution < -0.4 is 5.73 Å². The Morgan fingerprint density at radius 1 is 1.11 bits per heavy atom. The first kappa shape index (κ1) is 13.1. The van der Waals surface area contributed by atoms with Crippen LogP contribution >= 0.6 is 0 Å². The monoisotopic (exact) mass is 261 g/mol. The van der Waals surface area contributed by atoms with Gasteiger partial charge in [0.2, 0.25) is 0 Å². The third-order valence-electron chi connectivity index (χ3n) is 4.63. The third kappa shape index (κ3) is 2.31. The number of hydrogen-bond donors (Lipinski definition) is 1. The van der Waals surface area contributed by atoms with E-state index in [-0.39, 0.29) is 11.5 Å². The van der Waals surface area contributed by atoms with E-state index in [1.165, 1.54) is 5.56 Å². The van der Waals surface area contributed by atoms with Crippen LogP contribution in [0.25, 0.3) is 0 Å². The van der Waals surface area contributed by atoms with Crippen molar-refractivity contribution in [3.63, 3.8) is 0 Å². The van der Waals surface area contributed by atoms with Crippen molar-refractivity contribution in [1.29, 1.82) is 0 Å². The van der Waals surface area contributed by atoms with E-state index >= 15 is 0 Å². The average Bonchev–Trinajstić information content (AvgIpc) is 2.83. The Morgan fingerprint density at radius 3 is 2.37 bits per heavy atom. The highest BCUT2D eigenvalue weighted by Gasteiger charge is 2.52. The maximum absolute atomic E-state index is 6.53. The predicted molar refractivity (Wildman–Crippen MR) is 74.8 cm³/mol. The van der Waals surface area contributed by atoms with Gasteiger partial charge in [-0.1, -0.05) is 44.2 Å². The molecule has 0 radical (unpaired) electrons. The molecule has 1 saturated carbocycles. The molecule has 2 atom stereocenters. The second-order valence-electron chi connectivity index (χ2n) is 6.52. The summed E-state index contributed by atoms with van der Waals surface area (Å²) in [7, 11) is 0. The molecular weight excluding hydrogens is 238 g/mol. The van der Waals surface area contributed by atoms with Gasteiger partial charge in [0.1, 0.15) is 0 Å². The van der Waals surface area contributed by atoms with Crippen LogP contribution in [0.3, 0.4) is 0 Å². The van der Waals surface area contributed by atoms with Crippen LogP contribution in [0.15, 0.2) is 30.3 Å². The number of benzene rings is 1. The molecule has 1 aromatic carbocycles. The molecule has 1 aliphatic carbocycles. The summed E-state index contributed by atoms with van der Waals surface area (Å²) >= 11 is 0. The lowest BCUT2D eigenvalue weighted by Gasteiger charge is -2.49. The Labute approximate surface area is 115 Å². The van der Waals surface area contributed by atoms with Gasteiger partial charge >= 0.3 is 0 Å². The summed E-state index contributed by atoms with van der Waals surface area (Å²) in [5.41, 5.74) is 7.84. The summed E-state index contributed by atoms with van der Waals surface area (Å²) in [6.45, 7) is 5.85. The van der Waals surface area contributed by atoms with E-state index in [2.05, 4.69) is 38.1 Å². The Kier molecular flexibility index (Phi) is 3.16. The van der Waals surface area contributed by atoms with Gasteiger partial charge in [-0.3, -0.25) is 0 Å². The van der Waals surface area contributed by atoms with Crippen molar-refractivity contribution >= 4 is 0 Å². The van der Waals surface area contributed by atoms with E-state index in [0.717, 1.165) is 12.8 Å². The Balaban J connectivity index is 1.94. The predicted octanol–water partition coefficient (Wildman–Crippen LogP) is 2.66. The Morgan fingerprint density at radius 2 is 1.74 bits per heavy atom. The summed E-state index contributed by atoms with van der Waals surface area (Å²) in [6.07, 6.45) is 1.74. The summed E-state index contributed by atoms with van der Waals surface area (Å²) in [5, 5.41) is 0. The molecule has 1 aliphatic heterocycles. The van der Waals surface area contributed by atoms with Crippen molar-refractivity contribution in [3.05, 3.63) is 35.9 Å². The van der Waals surface area contributed by atoms with Crippen molar-refractivity contribution < 1.29 is 9.47 Å². The normalized spacial score (nSPS) is 32.6. The van der Waals surface area contributed by atoms with Gasteiger partial charge in [0, 0.05) is 24.8 Å². The molecular formula is C16H23NO2. The molecule has 3 rings (SSSR count). The first-order chi connectivity index (χ1) is 9.03. The molecule has 0 amide bonds. The van der Waals surface area contributed by atoms with Crippen LogP contribution in [0.4, 0.5) is 0 Å². The molecule has 2 N–H and O–H groups in total. The number of ether oxygens (including phenoxy) is 2. The van der Waals surface area contributed by atoms with Crippen LogP contribution in [0.2, 0.25) is 0 Å². The van der Waals surface area contributed by atoms with E-state index in [9.17, 15) is 0 Å². The molecule has 0 bridgehead atoms. The maximum atomic E-state index is 6.53. The van der Waals surface area contributed by atoms with Gasteiger partial charge in [0.25, 0.3) is 0 Å². The largest absolute Gasteiger partial charge is 0.347 e. The molecule has 1 heterocycles. The highest BCUT2D eigenvalue weighted by molar-refractivity contribution is 5.24. The van der Waals surface area contributed by atoms with Crippen molar-refractivity contribution in [2.24, 2.45) is 11.1 Å². The quantitative estimate of drug-likeness (QED) is 0.845. The summed E-state index contributed by atoms with van der Waals surface area (Å²) in [4.78, 5) is 0. The van der Waals surface area contributed by atoms with E-state index in [1.807, 2.05) is 6.07 Å². The lowest BCUT2D eigenvalue weighted by Crippen LogP contribution is -2.54. The fourth-order valence-corrected chi connectivity index (χ4v) is 3.63. The van der Waals surface area contributed by atoms with Gasteiger partial charge in [-0.05, 0) is 11.0 Å². The fraction of sp³-hybridized carbons (Fsp3) is 0.625. The highest BCUT2D eigenvalue weighted by Crippen LogP contribution is 2.50. The molecule has 2 aliphatic rings. The Hall–Kier alpha value is -0.900. The zero-order valence-corrected chi connectivity index (χ0v) is 11.8. The minimum absolute atomic E-state index is 0.0170. The van der Waals surface area contributed by atoms with E-state index in [1.54, 1.807) is 0 Å². The molecule has 1 saturated heterocycles. The maximum Gasteiger partial charge on any atom is 0.169 e. The zero-order chi connectivity index (χ0) is 13.5. The number of hydrogen-bond acceptors (Lipinski definition) is 3. The van der Waals surface area contributed by atoms with Gasteiger partial charge in [-0.15, -0.1) is 0 Å². The summed E-state index contributed by atoms with van der Waals surface area (Å²) in [6, 6.07) is 10.7. The molecule has 3 heteroatoms. The van der Waals surface area contributed by atoms with E-state index in [4.69, 9.17) is 15.2 Å². The van der Waals surface area contributed by atoms with Crippen LogP contribution in [-0.4, -0.2) is 25.0 Å². The summed E-state index contributed by atoms with van der Waals surface area (Å²) < 4.78 is 11.9. The van der Waals surface area contributed by atoms with Crippen LogP contribution in [-0.2, 0) is 9.47 Å². The SMILES string of the molecule is CC1(C)CC2(C[C@@H](c3ccccc3)[C@H]1N)OCCO2. The fourth-order valence-electron chi connectivity index (χ4n) is 3.63. The van der Waals surface area contributed by atoms with Crippen molar-refractivity contribution in [1.82, 2.24) is 0 Å². The van der Waals surface area contributed by atoms with Gasteiger partial charge in [-0.25, -0.2) is 0 Å². The van der Waals surface area contributed by atoms with Crippen molar-refractivity contribution in [2.45, 2.75) is 44.4 Å². The molecule has 0 unspecified atom stereocenters. The van der Waals surface area contributed by atoms with Crippen molar-refractivity contribution in [3.8, 4) is 0 Å². The molecule has 104 valence electrons. The number of nitrogens with two attached hydrogens (primary N) is 1. The molecule has 2 fully saturated rings. The lowest BCUT2D eigenvalue weighted by molar-refractivity contribution is -0.205. The first-order valence-electron chi connectivity index (χ1n) is 7.11. The standard InChI is InChI=1S/C16H23NO2/c1-15(2)11-16(18-8-9-19-16)10-13(14(15)17)12-6-4-3-5-7-12/h3-7,13-14H,8-11,17H2,1-2H3/t13-,14+/m0/s1. The molecule has 1 aromatic rings. The Bertz CT molecular complexity index is 437. The topological polar surface area (TPSA) is 44.5 Å². The minimum Gasteiger partial charge on any atom is -0.347 e. The second-order valence-corrected chi connectivity index (χ2v) is 6.52.